The van der Waals surface area contributed by atoms with E-state index in [0.29, 0.717) is 11.5 Å². The van der Waals surface area contributed by atoms with Crippen LogP contribution in [-0.2, 0) is 9.59 Å². The Hall–Kier alpha value is -2.37. The second kappa shape index (κ2) is 8.17. The van der Waals surface area contributed by atoms with Crippen LogP contribution in [0.15, 0.2) is 29.4 Å². The van der Waals surface area contributed by atoms with Gasteiger partial charge < -0.3 is 10.1 Å². The van der Waals surface area contributed by atoms with E-state index in [2.05, 4.69) is 15.8 Å². The molecule has 1 aromatic carbocycles. The van der Waals surface area contributed by atoms with Crippen LogP contribution in [0, 0.1) is 24.7 Å². The molecular formula is C23H31N3O3. The van der Waals surface area contributed by atoms with E-state index in [0.717, 1.165) is 42.6 Å². The summed E-state index contributed by atoms with van der Waals surface area (Å²) in [5, 5.41) is 7.40. The standard InChI is InChI=1S/C23H31N3O3/c1-15-4-3-5-20(6-15)29-14-22(28)26-25-16(2)7-21(27)24-23-11-17-8-18(12-23)10-19(9-17)13-23/h3-6,17-19H,7-14H2,1-2H3,(H,24,27)(H,26,28)/b25-16-. The number of benzene rings is 1. The quantitative estimate of drug-likeness (QED) is 0.547. The lowest BCUT2D eigenvalue weighted by atomic mass is 9.53. The summed E-state index contributed by atoms with van der Waals surface area (Å²) in [7, 11) is 0. The van der Waals surface area contributed by atoms with Gasteiger partial charge in [-0.1, -0.05) is 12.1 Å². The molecule has 0 spiro atoms. The molecule has 6 heteroatoms. The van der Waals surface area contributed by atoms with Gasteiger partial charge in [0.05, 0.1) is 6.42 Å². The molecule has 4 aliphatic rings. The van der Waals surface area contributed by atoms with E-state index < -0.39 is 0 Å². The highest BCUT2D eigenvalue weighted by molar-refractivity contribution is 6.00. The number of hydrazone groups is 1. The number of nitrogens with one attached hydrogen (secondary N) is 2. The summed E-state index contributed by atoms with van der Waals surface area (Å²) >= 11 is 0. The Morgan fingerprint density at radius 2 is 1.76 bits per heavy atom. The molecule has 4 bridgehead atoms. The average Bonchev–Trinajstić information content (AvgIpc) is 2.63. The van der Waals surface area contributed by atoms with Gasteiger partial charge in [0.1, 0.15) is 5.75 Å². The number of nitrogens with zero attached hydrogens (tertiary/aromatic N) is 1. The summed E-state index contributed by atoms with van der Waals surface area (Å²) in [5.41, 5.74) is 4.15. The van der Waals surface area contributed by atoms with E-state index >= 15 is 0 Å². The minimum atomic E-state index is -0.340. The predicted octanol–water partition coefficient (Wildman–Crippen LogP) is 3.34. The third-order valence-corrected chi connectivity index (χ3v) is 6.59. The lowest BCUT2D eigenvalue weighted by Gasteiger charge is -2.56. The molecule has 1 aromatic rings. The van der Waals surface area contributed by atoms with Gasteiger partial charge in [0.25, 0.3) is 5.91 Å². The highest BCUT2D eigenvalue weighted by Crippen LogP contribution is 2.55. The van der Waals surface area contributed by atoms with Crippen molar-refractivity contribution >= 4 is 17.5 Å². The van der Waals surface area contributed by atoms with Crippen molar-refractivity contribution < 1.29 is 14.3 Å². The molecule has 156 valence electrons. The molecule has 0 atom stereocenters. The van der Waals surface area contributed by atoms with E-state index in [1.807, 2.05) is 31.2 Å². The Morgan fingerprint density at radius 1 is 1.10 bits per heavy atom. The van der Waals surface area contributed by atoms with Crippen LogP contribution in [0.1, 0.15) is 57.4 Å². The highest BCUT2D eigenvalue weighted by Gasteiger charge is 2.51. The summed E-state index contributed by atoms with van der Waals surface area (Å²) in [6.07, 6.45) is 7.67. The first-order chi connectivity index (χ1) is 13.9. The van der Waals surface area contributed by atoms with Crippen molar-refractivity contribution in [1.29, 1.82) is 0 Å². The zero-order chi connectivity index (χ0) is 20.4. The van der Waals surface area contributed by atoms with Crippen LogP contribution < -0.4 is 15.5 Å². The Morgan fingerprint density at radius 3 is 2.38 bits per heavy atom. The molecule has 0 aliphatic heterocycles. The zero-order valence-corrected chi connectivity index (χ0v) is 17.4. The second-order valence-electron chi connectivity index (χ2n) is 9.41. The number of rotatable bonds is 7. The maximum Gasteiger partial charge on any atom is 0.277 e. The van der Waals surface area contributed by atoms with Crippen molar-refractivity contribution in [1.82, 2.24) is 10.7 Å². The van der Waals surface area contributed by atoms with Crippen molar-refractivity contribution in [3.8, 4) is 5.75 Å². The predicted molar refractivity (Wildman–Crippen MR) is 112 cm³/mol. The number of aryl methyl sites for hydroxylation is 1. The summed E-state index contributed by atoms with van der Waals surface area (Å²) in [5.74, 6) is 2.71. The second-order valence-corrected chi connectivity index (χ2v) is 9.41. The third-order valence-electron chi connectivity index (χ3n) is 6.59. The van der Waals surface area contributed by atoms with Gasteiger partial charge in [-0.2, -0.15) is 5.10 Å². The monoisotopic (exact) mass is 397 g/mol. The van der Waals surface area contributed by atoms with E-state index in [9.17, 15) is 9.59 Å². The van der Waals surface area contributed by atoms with Crippen molar-refractivity contribution in [3.63, 3.8) is 0 Å². The maximum atomic E-state index is 12.6. The SMILES string of the molecule is C/C(CC(=O)NC12CC3CC(CC(C3)C1)C2)=N/NC(=O)COc1cccc(C)c1. The minimum absolute atomic E-state index is 0.0109. The molecule has 6 nitrogen and oxygen atoms in total. The smallest absolute Gasteiger partial charge is 0.277 e. The zero-order valence-electron chi connectivity index (χ0n) is 17.4. The Balaban J connectivity index is 1.22. The first kappa shape index (κ1) is 19.9. The molecule has 2 N–H and O–H groups in total. The Bertz CT molecular complexity index is 782. The van der Waals surface area contributed by atoms with Gasteiger partial charge in [-0.05, 0) is 87.8 Å². The molecule has 0 radical (unpaired) electrons. The topological polar surface area (TPSA) is 79.8 Å². The van der Waals surface area contributed by atoms with Crippen LogP contribution >= 0.6 is 0 Å². The molecule has 5 rings (SSSR count). The molecule has 0 saturated heterocycles. The van der Waals surface area contributed by atoms with E-state index in [1.54, 1.807) is 6.92 Å². The van der Waals surface area contributed by atoms with Gasteiger partial charge in [0, 0.05) is 11.3 Å². The number of amides is 2. The molecule has 4 saturated carbocycles. The van der Waals surface area contributed by atoms with Gasteiger partial charge in [-0.3, -0.25) is 9.59 Å². The number of hydrogen-bond donors (Lipinski definition) is 2. The molecule has 4 fully saturated rings. The van der Waals surface area contributed by atoms with Gasteiger partial charge in [-0.15, -0.1) is 0 Å². The van der Waals surface area contributed by atoms with Gasteiger partial charge in [0.2, 0.25) is 5.91 Å². The first-order valence-corrected chi connectivity index (χ1v) is 10.7. The summed E-state index contributed by atoms with van der Waals surface area (Å²) < 4.78 is 5.46. The Labute approximate surface area is 172 Å². The van der Waals surface area contributed by atoms with Crippen molar-refractivity contribution in [2.75, 3.05) is 6.61 Å². The number of hydrogen-bond acceptors (Lipinski definition) is 4. The first-order valence-electron chi connectivity index (χ1n) is 10.7. The molecule has 4 aliphatic carbocycles. The fourth-order valence-electron chi connectivity index (χ4n) is 5.92. The Kier molecular flexibility index (Phi) is 5.61. The molecule has 0 unspecified atom stereocenters. The van der Waals surface area contributed by atoms with Crippen LogP contribution in [0.25, 0.3) is 0 Å². The van der Waals surface area contributed by atoms with Gasteiger partial charge in [0.15, 0.2) is 6.61 Å². The fourth-order valence-corrected chi connectivity index (χ4v) is 5.92. The van der Waals surface area contributed by atoms with E-state index in [1.165, 1.54) is 19.3 Å². The van der Waals surface area contributed by atoms with E-state index in [-0.39, 0.29) is 30.4 Å². The van der Waals surface area contributed by atoms with Crippen LogP contribution in [0.3, 0.4) is 0 Å². The number of ether oxygens (including phenoxy) is 1. The lowest BCUT2D eigenvalue weighted by molar-refractivity contribution is -0.126. The number of carbonyl (C=O) groups is 2. The molecule has 0 aromatic heterocycles. The summed E-state index contributed by atoms with van der Waals surface area (Å²) in [6.45, 7) is 3.62. The van der Waals surface area contributed by atoms with Crippen LogP contribution in [0.4, 0.5) is 0 Å². The average molecular weight is 398 g/mol. The summed E-state index contributed by atoms with van der Waals surface area (Å²) in [4.78, 5) is 24.5. The molecular weight excluding hydrogens is 366 g/mol. The van der Waals surface area contributed by atoms with Crippen molar-refractivity contribution in [3.05, 3.63) is 29.8 Å². The van der Waals surface area contributed by atoms with Crippen LogP contribution in [0.5, 0.6) is 5.75 Å². The maximum absolute atomic E-state index is 12.6. The van der Waals surface area contributed by atoms with E-state index in [4.69, 9.17) is 4.74 Å². The van der Waals surface area contributed by atoms with Gasteiger partial charge >= 0.3 is 0 Å². The normalized spacial score (nSPS) is 30.1. The van der Waals surface area contributed by atoms with Crippen molar-refractivity contribution in [2.45, 2.75) is 64.3 Å². The fraction of sp³-hybridized carbons (Fsp3) is 0.609. The van der Waals surface area contributed by atoms with Crippen LogP contribution in [0.2, 0.25) is 0 Å². The minimum Gasteiger partial charge on any atom is -0.484 e. The lowest BCUT2D eigenvalue weighted by Crippen LogP contribution is -2.60. The molecule has 0 heterocycles. The largest absolute Gasteiger partial charge is 0.484 e. The molecule has 29 heavy (non-hydrogen) atoms. The number of carbonyl (C=O) groups excluding carboxylic acids is 2. The highest BCUT2D eigenvalue weighted by atomic mass is 16.5. The molecule has 2 amide bonds. The van der Waals surface area contributed by atoms with Crippen LogP contribution in [-0.4, -0.2) is 29.7 Å². The summed E-state index contributed by atoms with van der Waals surface area (Å²) in [6, 6.07) is 7.53. The van der Waals surface area contributed by atoms with Crippen molar-refractivity contribution in [2.24, 2.45) is 22.9 Å². The van der Waals surface area contributed by atoms with Gasteiger partial charge in [-0.25, -0.2) is 5.43 Å². The third kappa shape index (κ3) is 4.98.